The second-order valence-corrected chi connectivity index (χ2v) is 20.2. The summed E-state index contributed by atoms with van der Waals surface area (Å²) in [5.74, 6) is -2.20. The molecule has 1 aromatic carbocycles. The number of epoxide rings is 1. The number of aliphatic hydroxyl groups excluding tert-OH is 1. The van der Waals surface area contributed by atoms with Gasteiger partial charge >= 0.3 is 11.9 Å². The third-order valence-corrected chi connectivity index (χ3v) is 14.4. The van der Waals surface area contributed by atoms with E-state index in [-0.39, 0.29) is 38.3 Å². The van der Waals surface area contributed by atoms with Gasteiger partial charge in [-0.2, -0.15) is 5.06 Å². The number of hydroxylamine groups is 2. The normalized spacial score (nSPS) is 33.5. The number of hydrogen-bond acceptors (Lipinski definition) is 12. The molecule has 0 spiro atoms. The van der Waals surface area contributed by atoms with E-state index in [9.17, 15) is 19.5 Å². The Bertz CT molecular complexity index is 1840. The Morgan fingerprint density at radius 2 is 1.73 bits per heavy atom. The lowest BCUT2D eigenvalue weighted by molar-refractivity contribution is -0.225. The minimum atomic E-state index is -1.43. The third kappa shape index (κ3) is 9.77. The molecular weight excluding hydrogens is 807 g/mol. The number of hydrogen-bond donors (Lipinski definition) is 2. The van der Waals surface area contributed by atoms with Gasteiger partial charge in [0.15, 0.2) is 11.8 Å². The predicted octanol–water partition coefficient (Wildman–Crippen LogP) is 6.30. The molecule has 5 heterocycles. The van der Waals surface area contributed by atoms with Crippen LogP contribution in [0.3, 0.4) is 0 Å². The number of likely N-dealkylation sites (tertiary alicyclic amines) is 1. The highest BCUT2D eigenvalue weighted by Gasteiger charge is 2.77. The average Bonchev–Trinajstić information content (AvgIpc) is 3.51. The largest absolute Gasteiger partial charge is 0.460 e. The molecule has 2 bridgehead atoms. The van der Waals surface area contributed by atoms with Crippen LogP contribution in [0, 0.1) is 11.3 Å². The van der Waals surface area contributed by atoms with Crippen LogP contribution in [0.2, 0.25) is 0 Å². The number of nitrogens with zero attached hydrogens (tertiary/aromatic N) is 2. The first-order valence-corrected chi connectivity index (χ1v) is 24.1. The molecule has 11 atom stereocenters. The molecule has 2 amide bonds. The molecule has 14 heteroatoms. The Labute approximate surface area is 373 Å². The fraction of sp³-hybridized carbons (Fsp3) is 0.755. The summed E-state index contributed by atoms with van der Waals surface area (Å²) in [6.07, 6.45) is 14.1. The van der Waals surface area contributed by atoms with Crippen molar-refractivity contribution in [3.05, 3.63) is 41.5 Å². The minimum Gasteiger partial charge on any atom is -0.460 e. The van der Waals surface area contributed by atoms with E-state index in [1.165, 1.54) is 0 Å². The number of amides is 2. The van der Waals surface area contributed by atoms with Crippen molar-refractivity contribution < 1.29 is 52.8 Å². The molecule has 63 heavy (non-hydrogen) atoms. The quantitative estimate of drug-likeness (QED) is 0.0907. The van der Waals surface area contributed by atoms with E-state index in [2.05, 4.69) is 37.4 Å². The van der Waals surface area contributed by atoms with E-state index in [1.54, 1.807) is 30.7 Å². The standard InChI is InChI=1S/C49H71N3O11/c1-6-8-12-24-48(25-13-9-7-2)61-40-38-28-49(46(57)51-26-14-17-35(51)44(55)50-34(30-53)21-23-39(54)60-47(3,4)5)42(45(56)59-38)52(63-43(49)41(40)62-48)29-33-16-11-10-15-32(33)20-18-31-19-22-36-37(27-31)58-36/h10-11,15-16,18,20,31,34-38,40-43,53H,6-9,12-14,17,19,21-30H2,1-5H3,(H,50,55). The maximum absolute atomic E-state index is 15.7. The maximum atomic E-state index is 15.7. The Morgan fingerprint density at radius 1 is 0.984 bits per heavy atom. The number of allylic oxidation sites excluding steroid dienone is 1. The van der Waals surface area contributed by atoms with Gasteiger partial charge in [0.25, 0.3) is 0 Å². The van der Waals surface area contributed by atoms with Gasteiger partial charge in [0, 0.05) is 32.2 Å². The lowest BCUT2D eigenvalue weighted by Crippen LogP contribution is -2.70. The highest BCUT2D eigenvalue weighted by Crippen LogP contribution is 2.59. The number of ether oxygens (including phenoxy) is 5. The summed E-state index contributed by atoms with van der Waals surface area (Å²) in [7, 11) is 0. The first kappa shape index (κ1) is 46.1. The Kier molecular flexibility index (Phi) is 14.1. The number of nitrogens with one attached hydrogen (secondary N) is 1. The molecular formula is C49H71N3O11. The highest BCUT2D eigenvalue weighted by molar-refractivity contribution is 5.96. The second kappa shape index (κ2) is 19.2. The van der Waals surface area contributed by atoms with E-state index < -0.39 is 77.2 Å². The van der Waals surface area contributed by atoms with Gasteiger partial charge in [0.2, 0.25) is 11.8 Å². The summed E-state index contributed by atoms with van der Waals surface area (Å²) in [5, 5.41) is 14.8. The Balaban J connectivity index is 1.09. The van der Waals surface area contributed by atoms with Crippen LogP contribution in [0.25, 0.3) is 6.08 Å². The molecule has 1 aromatic rings. The van der Waals surface area contributed by atoms with Crippen LogP contribution in [0.1, 0.15) is 148 Å². The fourth-order valence-corrected chi connectivity index (χ4v) is 11.3. The van der Waals surface area contributed by atoms with Crippen LogP contribution in [-0.4, -0.2) is 118 Å². The summed E-state index contributed by atoms with van der Waals surface area (Å²) in [5.41, 5.74) is -0.150. The molecule has 8 rings (SSSR count). The lowest BCUT2D eigenvalue weighted by Gasteiger charge is -2.50. The summed E-state index contributed by atoms with van der Waals surface area (Å²) in [4.78, 5) is 65.6. The third-order valence-electron chi connectivity index (χ3n) is 14.4. The molecule has 2 aliphatic carbocycles. The summed E-state index contributed by atoms with van der Waals surface area (Å²) in [6.45, 7) is 9.83. The number of esters is 2. The first-order valence-electron chi connectivity index (χ1n) is 24.1. The van der Waals surface area contributed by atoms with Gasteiger partial charge in [-0.1, -0.05) is 75.9 Å². The number of aliphatic hydroxyl groups is 1. The van der Waals surface area contributed by atoms with E-state index >= 15 is 4.79 Å². The zero-order valence-electron chi connectivity index (χ0n) is 38.1. The predicted molar refractivity (Wildman–Crippen MR) is 232 cm³/mol. The molecule has 2 saturated carbocycles. The van der Waals surface area contributed by atoms with E-state index in [0.717, 1.165) is 68.9 Å². The second-order valence-electron chi connectivity index (χ2n) is 20.2. The molecule has 11 unspecified atom stereocenters. The van der Waals surface area contributed by atoms with Gasteiger partial charge in [-0.3, -0.25) is 24.0 Å². The van der Waals surface area contributed by atoms with Gasteiger partial charge in [-0.25, -0.2) is 0 Å². The zero-order chi connectivity index (χ0) is 44.5. The van der Waals surface area contributed by atoms with Crippen LogP contribution in [0.15, 0.2) is 30.3 Å². The molecule has 0 radical (unpaired) electrons. The highest BCUT2D eigenvalue weighted by atomic mass is 16.8. The molecule has 7 fully saturated rings. The number of benzene rings is 1. The number of unbranched alkanes of at least 4 members (excludes halogenated alkanes) is 4. The van der Waals surface area contributed by atoms with Crippen LogP contribution in [-0.2, 0) is 54.2 Å². The van der Waals surface area contributed by atoms with Crippen molar-refractivity contribution in [2.45, 2.75) is 210 Å². The Hall–Kier alpha value is -3.40. The van der Waals surface area contributed by atoms with Crippen molar-refractivity contribution in [3.63, 3.8) is 0 Å². The van der Waals surface area contributed by atoms with E-state index in [0.29, 0.717) is 50.4 Å². The molecule has 5 aliphatic heterocycles. The first-order chi connectivity index (χ1) is 30.3. The van der Waals surface area contributed by atoms with Crippen molar-refractivity contribution >= 4 is 29.8 Å². The van der Waals surface area contributed by atoms with Crippen LogP contribution in [0.5, 0.6) is 0 Å². The average molecular weight is 878 g/mol. The van der Waals surface area contributed by atoms with Gasteiger partial charge < -0.3 is 39.0 Å². The summed E-state index contributed by atoms with van der Waals surface area (Å²) in [6, 6.07) is 5.40. The van der Waals surface area contributed by atoms with Gasteiger partial charge in [-0.15, -0.1) is 0 Å². The van der Waals surface area contributed by atoms with E-state index in [4.69, 9.17) is 28.5 Å². The van der Waals surface area contributed by atoms with E-state index in [1.807, 2.05) is 18.2 Å². The van der Waals surface area contributed by atoms with Crippen LogP contribution >= 0.6 is 0 Å². The van der Waals surface area contributed by atoms with Gasteiger partial charge in [0.05, 0.1) is 31.4 Å². The smallest absolute Gasteiger partial charge is 0.327 e. The molecule has 14 nitrogen and oxygen atoms in total. The summed E-state index contributed by atoms with van der Waals surface area (Å²) < 4.78 is 31.7. The summed E-state index contributed by atoms with van der Waals surface area (Å²) >= 11 is 0. The molecule has 5 saturated heterocycles. The van der Waals surface area contributed by atoms with Crippen molar-refractivity contribution in [1.82, 2.24) is 15.3 Å². The van der Waals surface area contributed by atoms with Gasteiger partial charge in [0.1, 0.15) is 41.5 Å². The number of carbonyl (C=O) groups is 4. The van der Waals surface area contributed by atoms with Crippen molar-refractivity contribution in [2.24, 2.45) is 11.3 Å². The molecule has 2 N–H and O–H groups in total. The van der Waals surface area contributed by atoms with Gasteiger partial charge in [-0.05, 0) is 89.2 Å². The maximum Gasteiger partial charge on any atom is 0.327 e. The zero-order valence-corrected chi connectivity index (χ0v) is 38.1. The monoisotopic (exact) mass is 878 g/mol. The number of carbonyl (C=O) groups excluding carboxylic acids is 4. The van der Waals surface area contributed by atoms with Crippen molar-refractivity contribution in [3.8, 4) is 0 Å². The van der Waals surface area contributed by atoms with Crippen molar-refractivity contribution in [1.29, 1.82) is 0 Å². The van der Waals surface area contributed by atoms with Crippen molar-refractivity contribution in [2.75, 3.05) is 13.2 Å². The SMILES string of the molecule is CCCCCC1(CCCCC)OC2C3CC4(C(=O)N5CCCC5C(=O)NC(CO)CCC(=O)OC(C)(C)C)C(ON(Cc5ccccc5C=CC5CCC6OC6C5)C4C(=O)O3)C2O1. The number of rotatable bonds is 19. The molecule has 7 aliphatic rings. The Morgan fingerprint density at radius 3 is 2.44 bits per heavy atom. The molecule has 0 aromatic heterocycles. The van der Waals surface area contributed by atoms with Crippen LogP contribution in [0.4, 0.5) is 0 Å². The number of fused-ring (bicyclic) bond motifs is 5. The van der Waals surface area contributed by atoms with Crippen LogP contribution < -0.4 is 5.32 Å². The minimum absolute atomic E-state index is 0.0115. The topological polar surface area (TPSA) is 166 Å². The lowest BCUT2D eigenvalue weighted by atomic mass is 9.62. The fourth-order valence-electron chi connectivity index (χ4n) is 11.3. The molecule has 348 valence electrons.